The van der Waals surface area contributed by atoms with Gasteiger partial charge in [-0.25, -0.2) is 18.1 Å². The molecule has 0 amide bonds. The largest absolute Gasteiger partial charge is 0.398 e. The van der Waals surface area contributed by atoms with Crippen molar-refractivity contribution in [1.29, 1.82) is 0 Å². The number of hydrogen-bond acceptors (Lipinski definition) is 5. The molecule has 0 saturated carbocycles. The number of nitrogen functional groups attached to an aromatic ring is 1. The van der Waals surface area contributed by atoms with Crippen LogP contribution in [0.5, 0.6) is 0 Å². The van der Waals surface area contributed by atoms with E-state index < -0.39 is 16.1 Å². The average Bonchev–Trinajstić information content (AvgIpc) is 2.73. The molecule has 0 radical (unpaired) electrons. The number of nitrogens with one attached hydrogen (secondary N) is 1. The van der Waals surface area contributed by atoms with Crippen molar-refractivity contribution in [2.75, 3.05) is 5.73 Å². The van der Waals surface area contributed by atoms with E-state index in [9.17, 15) is 8.42 Å². The molecule has 0 aliphatic heterocycles. The SMILES string of the molecule is Cc1csc(C(C)NS(=O)(=O)c2c(N)cc(Br)cc2Br)n1. The van der Waals surface area contributed by atoms with Gasteiger partial charge < -0.3 is 5.73 Å². The molecule has 1 aromatic carbocycles. The zero-order valence-corrected chi connectivity index (χ0v) is 16.0. The van der Waals surface area contributed by atoms with Crippen LogP contribution in [-0.2, 0) is 10.0 Å². The number of nitrogens with zero attached hydrogens (tertiary/aromatic N) is 1. The standard InChI is InChI=1S/C12H13Br2N3O2S2/c1-6-5-20-12(16-6)7(2)17-21(18,19)11-9(14)3-8(13)4-10(11)15/h3-5,7,17H,15H2,1-2H3. The number of nitrogens with two attached hydrogens (primary N) is 1. The topological polar surface area (TPSA) is 85.1 Å². The molecule has 1 aromatic heterocycles. The Hall–Kier alpha value is -0.480. The molecule has 0 spiro atoms. The lowest BCUT2D eigenvalue weighted by atomic mass is 10.3. The van der Waals surface area contributed by atoms with E-state index in [0.717, 1.165) is 5.69 Å². The molecule has 1 heterocycles. The van der Waals surface area contributed by atoms with Gasteiger partial charge in [-0.2, -0.15) is 0 Å². The van der Waals surface area contributed by atoms with E-state index in [2.05, 4.69) is 41.6 Å². The Labute approximate surface area is 144 Å². The summed E-state index contributed by atoms with van der Waals surface area (Å²) in [6, 6.07) is 2.77. The highest BCUT2D eigenvalue weighted by molar-refractivity contribution is 9.11. The quantitative estimate of drug-likeness (QED) is 0.691. The Balaban J connectivity index is 2.35. The number of aromatic nitrogens is 1. The zero-order chi connectivity index (χ0) is 15.8. The van der Waals surface area contributed by atoms with Gasteiger partial charge in [0.15, 0.2) is 0 Å². The fraction of sp³-hybridized carbons (Fsp3) is 0.250. The number of benzene rings is 1. The highest BCUT2D eigenvalue weighted by Gasteiger charge is 2.25. The minimum Gasteiger partial charge on any atom is -0.398 e. The van der Waals surface area contributed by atoms with Crippen LogP contribution in [0.4, 0.5) is 5.69 Å². The van der Waals surface area contributed by atoms with E-state index in [1.807, 2.05) is 12.3 Å². The first-order valence-electron chi connectivity index (χ1n) is 5.89. The zero-order valence-electron chi connectivity index (χ0n) is 11.2. The summed E-state index contributed by atoms with van der Waals surface area (Å²) in [6.07, 6.45) is 0. The maximum absolute atomic E-state index is 12.5. The Morgan fingerprint density at radius 3 is 2.57 bits per heavy atom. The van der Waals surface area contributed by atoms with Gasteiger partial charge in [-0.1, -0.05) is 15.9 Å². The molecular formula is C12H13Br2N3O2S2. The summed E-state index contributed by atoms with van der Waals surface area (Å²) in [5, 5.41) is 2.59. The fourth-order valence-electron chi connectivity index (χ4n) is 1.78. The summed E-state index contributed by atoms with van der Waals surface area (Å²) in [6.45, 7) is 3.61. The minimum atomic E-state index is -3.75. The van der Waals surface area contributed by atoms with Crippen molar-refractivity contribution in [2.45, 2.75) is 24.8 Å². The minimum absolute atomic E-state index is 0.0332. The van der Waals surface area contributed by atoms with Crippen LogP contribution in [-0.4, -0.2) is 13.4 Å². The van der Waals surface area contributed by atoms with Crippen LogP contribution in [0.25, 0.3) is 0 Å². The number of halogens is 2. The van der Waals surface area contributed by atoms with Crippen LogP contribution in [0, 0.1) is 6.92 Å². The Bertz CT molecular complexity index is 752. The van der Waals surface area contributed by atoms with Crippen molar-refractivity contribution in [2.24, 2.45) is 0 Å². The second kappa shape index (κ2) is 6.33. The van der Waals surface area contributed by atoms with Crippen molar-refractivity contribution in [3.8, 4) is 0 Å². The lowest BCUT2D eigenvalue weighted by Crippen LogP contribution is -2.28. The lowest BCUT2D eigenvalue weighted by molar-refractivity contribution is 0.566. The van der Waals surface area contributed by atoms with E-state index in [1.54, 1.807) is 19.1 Å². The van der Waals surface area contributed by atoms with Gasteiger partial charge in [-0.05, 0) is 41.9 Å². The van der Waals surface area contributed by atoms with Crippen LogP contribution >= 0.6 is 43.2 Å². The first-order valence-corrected chi connectivity index (χ1v) is 9.84. The monoisotopic (exact) mass is 453 g/mol. The van der Waals surface area contributed by atoms with Crippen molar-refractivity contribution < 1.29 is 8.42 Å². The normalized spacial score (nSPS) is 13.3. The summed E-state index contributed by atoms with van der Waals surface area (Å²) in [5.41, 5.74) is 6.87. The predicted octanol–water partition coefficient (Wildman–Crippen LogP) is 3.60. The summed E-state index contributed by atoms with van der Waals surface area (Å²) >= 11 is 7.93. The number of aryl methyl sites for hydroxylation is 1. The van der Waals surface area contributed by atoms with Gasteiger partial charge in [-0.15, -0.1) is 11.3 Å². The number of sulfonamides is 1. The van der Waals surface area contributed by atoms with Gasteiger partial charge in [-0.3, -0.25) is 0 Å². The first-order chi connectivity index (χ1) is 9.70. The Kier molecular flexibility index (Phi) is 5.09. The van der Waals surface area contributed by atoms with E-state index in [-0.39, 0.29) is 10.6 Å². The van der Waals surface area contributed by atoms with Crippen molar-refractivity contribution in [3.05, 3.63) is 37.2 Å². The molecule has 0 aliphatic carbocycles. The number of hydrogen-bond donors (Lipinski definition) is 2. The van der Waals surface area contributed by atoms with Gasteiger partial charge in [0.25, 0.3) is 0 Å². The maximum Gasteiger partial charge on any atom is 0.244 e. The van der Waals surface area contributed by atoms with Crippen molar-refractivity contribution >= 4 is 58.9 Å². The smallest absolute Gasteiger partial charge is 0.244 e. The molecule has 3 N–H and O–H groups in total. The fourth-order valence-corrected chi connectivity index (χ4v) is 5.93. The summed E-state index contributed by atoms with van der Waals surface area (Å²) in [4.78, 5) is 4.32. The molecule has 0 saturated heterocycles. The van der Waals surface area contributed by atoms with Crippen LogP contribution in [0.3, 0.4) is 0 Å². The first kappa shape index (κ1) is 16.9. The van der Waals surface area contributed by atoms with E-state index in [1.165, 1.54) is 11.3 Å². The van der Waals surface area contributed by atoms with Gasteiger partial charge in [0.1, 0.15) is 9.90 Å². The third kappa shape index (κ3) is 3.84. The molecule has 21 heavy (non-hydrogen) atoms. The van der Waals surface area contributed by atoms with E-state index in [0.29, 0.717) is 14.0 Å². The number of anilines is 1. The van der Waals surface area contributed by atoms with Crippen LogP contribution in [0.15, 0.2) is 31.4 Å². The van der Waals surface area contributed by atoms with Crippen molar-refractivity contribution in [3.63, 3.8) is 0 Å². The lowest BCUT2D eigenvalue weighted by Gasteiger charge is -2.15. The molecule has 0 fully saturated rings. The summed E-state index contributed by atoms with van der Waals surface area (Å²) < 4.78 is 28.7. The molecule has 2 rings (SSSR count). The van der Waals surface area contributed by atoms with E-state index >= 15 is 0 Å². The van der Waals surface area contributed by atoms with Gasteiger partial charge in [0, 0.05) is 20.0 Å². The maximum atomic E-state index is 12.5. The van der Waals surface area contributed by atoms with Crippen LogP contribution in [0.2, 0.25) is 0 Å². The molecule has 9 heteroatoms. The Morgan fingerprint density at radius 2 is 2.05 bits per heavy atom. The highest BCUT2D eigenvalue weighted by atomic mass is 79.9. The summed E-state index contributed by atoms with van der Waals surface area (Å²) in [5.74, 6) is 0. The van der Waals surface area contributed by atoms with Crippen LogP contribution < -0.4 is 10.5 Å². The van der Waals surface area contributed by atoms with Gasteiger partial charge in [0.05, 0.1) is 11.7 Å². The van der Waals surface area contributed by atoms with Gasteiger partial charge in [0.2, 0.25) is 10.0 Å². The second-order valence-electron chi connectivity index (χ2n) is 4.48. The van der Waals surface area contributed by atoms with E-state index in [4.69, 9.17) is 5.73 Å². The van der Waals surface area contributed by atoms with Crippen molar-refractivity contribution in [1.82, 2.24) is 9.71 Å². The number of rotatable bonds is 4. The summed E-state index contributed by atoms with van der Waals surface area (Å²) in [7, 11) is -3.75. The second-order valence-corrected chi connectivity index (χ2v) is 8.79. The van der Waals surface area contributed by atoms with Crippen LogP contribution in [0.1, 0.15) is 23.7 Å². The predicted molar refractivity (Wildman–Crippen MR) is 91.8 cm³/mol. The molecule has 1 unspecified atom stereocenters. The molecule has 1 atom stereocenters. The Morgan fingerprint density at radius 1 is 1.38 bits per heavy atom. The molecule has 2 aromatic rings. The molecule has 5 nitrogen and oxygen atoms in total. The molecule has 0 bridgehead atoms. The number of thiazole rings is 1. The highest BCUT2D eigenvalue weighted by Crippen LogP contribution is 2.32. The average molecular weight is 455 g/mol. The molecule has 114 valence electrons. The molecular weight excluding hydrogens is 442 g/mol. The molecule has 0 aliphatic rings. The van der Waals surface area contributed by atoms with Gasteiger partial charge >= 0.3 is 0 Å². The third-order valence-corrected chi connectivity index (χ3v) is 6.79. The third-order valence-electron chi connectivity index (χ3n) is 2.64.